The van der Waals surface area contributed by atoms with E-state index in [2.05, 4.69) is 10.5 Å². The van der Waals surface area contributed by atoms with E-state index < -0.39 is 50.7 Å². The summed E-state index contributed by atoms with van der Waals surface area (Å²) in [6.45, 7) is -0.468. The van der Waals surface area contributed by atoms with Crippen LogP contribution in [0.15, 0.2) is 28.2 Å². The van der Waals surface area contributed by atoms with Crippen molar-refractivity contribution in [3.63, 3.8) is 0 Å². The number of hydrazone groups is 1. The number of hydrogen-bond donors (Lipinski definition) is 7. The molecule has 14 heteroatoms. The largest absolute Gasteiger partial charge is 0.506 e. The number of hydrogen-bond acceptors (Lipinski definition) is 10. The van der Waals surface area contributed by atoms with Crippen LogP contribution in [0.3, 0.4) is 0 Å². The summed E-state index contributed by atoms with van der Waals surface area (Å²) in [5.41, 5.74) is 1.15. The molecule has 1 aromatic rings. The quantitative estimate of drug-likeness (QED) is 0.145. The van der Waals surface area contributed by atoms with Gasteiger partial charge in [0.15, 0.2) is 0 Å². The molecule has 0 radical (unpaired) electrons. The van der Waals surface area contributed by atoms with Crippen molar-refractivity contribution in [1.82, 2.24) is 5.32 Å². The van der Waals surface area contributed by atoms with Gasteiger partial charge in [0.25, 0.3) is 16.0 Å². The molecule has 0 spiro atoms. The Bertz CT molecular complexity index is 825. The molecule has 1 aromatic carbocycles. The van der Waals surface area contributed by atoms with Crippen LogP contribution in [0.5, 0.6) is 5.75 Å². The smallest absolute Gasteiger partial charge is 0.282 e. The summed E-state index contributed by atoms with van der Waals surface area (Å²) in [5.74, 6) is -2.25. The second kappa shape index (κ2) is 8.11. The number of phenolic OH excluding ortho intramolecular Hbond substituents is 1. The van der Waals surface area contributed by atoms with Gasteiger partial charge < -0.3 is 24.1 Å². The number of rotatable bonds is 7. The first kappa shape index (κ1) is 20.6. The molecule has 7 N–H and O–H groups in total. The van der Waals surface area contributed by atoms with Gasteiger partial charge in [-0.3, -0.25) is 14.8 Å². The molecule has 25 heavy (non-hydrogen) atoms. The van der Waals surface area contributed by atoms with Gasteiger partial charge in [0, 0.05) is 6.54 Å². The molecule has 1 rings (SSSR count). The summed E-state index contributed by atoms with van der Waals surface area (Å²) < 4.78 is 57.0. The molecule has 0 saturated heterocycles. The maximum absolute atomic E-state index is 11.6. The maximum atomic E-state index is 11.6. The molecule has 0 aliphatic rings. The molecule has 0 saturated carbocycles. The van der Waals surface area contributed by atoms with Crippen LogP contribution in [0.1, 0.15) is 0 Å². The number of carbonyl (C=O) groups is 1. The molecule has 138 valence electrons. The molecule has 12 nitrogen and oxygen atoms in total. The minimum absolute atomic E-state index is 0.245. The summed E-state index contributed by atoms with van der Waals surface area (Å²) in [6, 6.07) is 4.40. The molecule has 0 unspecified atom stereocenters. The van der Waals surface area contributed by atoms with E-state index in [1.807, 2.05) is 5.32 Å². The highest BCUT2D eigenvalue weighted by molar-refractivity contribution is 8.19. The number of benzene rings is 1. The van der Waals surface area contributed by atoms with E-state index in [0.717, 1.165) is 18.2 Å². The average molecular weight is 394 g/mol. The molecule has 0 atom stereocenters. The Balaban J connectivity index is 2.87. The van der Waals surface area contributed by atoms with E-state index in [0.29, 0.717) is 0 Å². The van der Waals surface area contributed by atoms with Crippen LogP contribution < -0.4 is 10.7 Å². The molecule has 0 aromatic heterocycles. The summed E-state index contributed by atoms with van der Waals surface area (Å²) in [4.78, 5) is 11.3. The molecule has 0 bridgehead atoms. The lowest BCUT2D eigenvalue weighted by Crippen LogP contribution is -2.34. The van der Waals surface area contributed by atoms with Crippen molar-refractivity contribution in [1.29, 1.82) is 5.26 Å². The van der Waals surface area contributed by atoms with Crippen molar-refractivity contribution in [3.05, 3.63) is 18.2 Å². The Morgan fingerprint density at radius 1 is 1.24 bits per heavy atom. The van der Waals surface area contributed by atoms with Crippen molar-refractivity contribution in [2.75, 3.05) is 17.7 Å². The van der Waals surface area contributed by atoms with Gasteiger partial charge in [-0.15, -0.1) is 0 Å². The predicted molar refractivity (Wildman–Crippen MR) is 87.9 cm³/mol. The van der Waals surface area contributed by atoms with Crippen LogP contribution in [0.4, 0.5) is 5.69 Å². The number of nitrogens with one attached hydrogen (secondary N) is 2. The van der Waals surface area contributed by atoms with Crippen LogP contribution in [0.25, 0.3) is 0 Å². The minimum Gasteiger partial charge on any atom is -0.506 e. The van der Waals surface area contributed by atoms with Gasteiger partial charge in [-0.1, -0.05) is 0 Å². The van der Waals surface area contributed by atoms with Gasteiger partial charge in [0.05, 0.1) is 16.3 Å². The highest BCUT2D eigenvalue weighted by Crippen LogP contribution is 2.45. The zero-order valence-corrected chi connectivity index (χ0v) is 14.0. The van der Waals surface area contributed by atoms with E-state index in [-0.39, 0.29) is 10.6 Å². The van der Waals surface area contributed by atoms with E-state index in [4.69, 9.17) is 23.5 Å². The predicted octanol–water partition coefficient (Wildman–Crippen LogP) is 0.270. The Labute approximate surface area is 143 Å². The summed E-state index contributed by atoms with van der Waals surface area (Å²) in [6.07, 6.45) is 0. The van der Waals surface area contributed by atoms with Crippen LogP contribution >= 0.6 is 10.9 Å². The lowest BCUT2D eigenvalue weighted by molar-refractivity contribution is -0.114. The first-order valence-corrected chi connectivity index (χ1v) is 9.36. The van der Waals surface area contributed by atoms with Gasteiger partial charge in [-0.25, -0.2) is 0 Å². The molecule has 0 aliphatic carbocycles. The molecule has 0 aliphatic heterocycles. The van der Waals surface area contributed by atoms with Crippen LogP contribution in [-0.2, 0) is 14.9 Å². The monoisotopic (exact) mass is 394 g/mol. The lowest BCUT2D eigenvalue weighted by atomic mass is 10.3. The number of amides is 1. The summed E-state index contributed by atoms with van der Waals surface area (Å²) in [7, 11) is -8.34. The molecular formula is C11H14N4O8S2. The van der Waals surface area contributed by atoms with Gasteiger partial charge in [0.1, 0.15) is 22.7 Å². The molecular weight excluding hydrogens is 380 g/mol. The Morgan fingerprint density at radius 2 is 1.88 bits per heavy atom. The fraction of sp³-hybridized carbons (Fsp3) is 0.182. The third kappa shape index (κ3) is 6.93. The fourth-order valence-electron chi connectivity index (χ4n) is 1.39. The maximum Gasteiger partial charge on any atom is 0.282 e. The standard InChI is InChI=1S/C11H14N4O8S2/c12-6-9(11(17)13-3-4-24(18,19)20)15-14-8-5-7(25(21,22)23)1-2-10(8)16/h1-2,5,14,16,21-23H,3-4H2,(H,13,17)(H,18,19,20)/b15-9+. The lowest BCUT2D eigenvalue weighted by Gasteiger charge is -2.19. The number of phenols is 1. The normalized spacial score (nSPS) is 13.0. The van der Waals surface area contributed by atoms with E-state index in [1.165, 1.54) is 6.07 Å². The van der Waals surface area contributed by atoms with Crippen LogP contribution in [0.2, 0.25) is 0 Å². The number of aromatic hydroxyl groups is 1. The highest BCUT2D eigenvalue weighted by atomic mass is 32.3. The number of nitrogens with zero attached hydrogens (tertiary/aromatic N) is 2. The first-order chi connectivity index (χ1) is 11.4. The van der Waals surface area contributed by atoms with Crippen molar-refractivity contribution < 1.29 is 36.5 Å². The molecule has 0 heterocycles. The Kier molecular flexibility index (Phi) is 6.70. The molecule has 0 fully saturated rings. The van der Waals surface area contributed by atoms with Gasteiger partial charge in [0.2, 0.25) is 5.71 Å². The zero-order chi connectivity index (χ0) is 19.3. The molecule has 1 amide bonds. The van der Waals surface area contributed by atoms with Gasteiger partial charge in [-0.05, 0) is 18.2 Å². The zero-order valence-electron chi connectivity index (χ0n) is 12.3. The van der Waals surface area contributed by atoms with Gasteiger partial charge >= 0.3 is 0 Å². The van der Waals surface area contributed by atoms with Crippen LogP contribution in [0, 0.1) is 11.3 Å². The Hall–Kier alpha value is -2.41. The Morgan fingerprint density at radius 3 is 2.40 bits per heavy atom. The first-order valence-electron chi connectivity index (χ1n) is 6.25. The fourth-order valence-corrected chi connectivity index (χ4v) is 2.28. The van der Waals surface area contributed by atoms with E-state index in [9.17, 15) is 18.3 Å². The third-order valence-corrected chi connectivity index (χ3v) is 4.15. The minimum atomic E-state index is -4.29. The number of anilines is 1. The average Bonchev–Trinajstić information content (AvgIpc) is 2.47. The van der Waals surface area contributed by atoms with Crippen molar-refractivity contribution in [3.8, 4) is 11.8 Å². The topological polar surface area (TPSA) is 213 Å². The second-order valence-electron chi connectivity index (χ2n) is 4.42. The summed E-state index contributed by atoms with van der Waals surface area (Å²) in [5, 5.41) is 23.9. The van der Waals surface area contributed by atoms with Crippen molar-refractivity contribution in [2.45, 2.75) is 4.90 Å². The third-order valence-electron chi connectivity index (χ3n) is 2.54. The van der Waals surface area contributed by atoms with Crippen molar-refractivity contribution >= 4 is 38.3 Å². The van der Waals surface area contributed by atoms with Crippen LogP contribution in [-0.4, -0.2) is 55.7 Å². The SMILES string of the molecule is N#C/C(=N\Nc1cc(S(O)(O)O)ccc1O)C(=O)NCCS(=O)(=O)O. The second-order valence-corrected chi connectivity index (χ2v) is 7.50. The summed E-state index contributed by atoms with van der Waals surface area (Å²) >= 11 is 0. The van der Waals surface area contributed by atoms with Crippen molar-refractivity contribution in [2.24, 2.45) is 5.10 Å². The number of carbonyl (C=O) groups excluding carboxylic acids is 1. The van der Waals surface area contributed by atoms with Gasteiger partial charge in [-0.2, -0.15) is 18.8 Å². The highest BCUT2D eigenvalue weighted by Gasteiger charge is 2.18. The number of nitriles is 1. The van der Waals surface area contributed by atoms with E-state index >= 15 is 0 Å². The van der Waals surface area contributed by atoms with E-state index in [1.54, 1.807) is 0 Å².